The lowest BCUT2D eigenvalue weighted by Gasteiger charge is -2.23. The van der Waals surface area contributed by atoms with Crippen LogP contribution < -0.4 is 10.6 Å². The lowest BCUT2D eigenvalue weighted by atomic mass is 10.2. The zero-order valence-corrected chi connectivity index (χ0v) is 10.3. The number of pyridine rings is 1. The minimum atomic E-state index is -0.206. The van der Waals surface area contributed by atoms with Gasteiger partial charge in [0.25, 0.3) is 0 Å². The third-order valence-electron chi connectivity index (χ3n) is 2.80. The smallest absolute Gasteiger partial charge is 0.146 e. The van der Waals surface area contributed by atoms with Crippen LogP contribution in [0.3, 0.4) is 0 Å². The summed E-state index contributed by atoms with van der Waals surface area (Å²) in [6, 6.07) is 10.4. The van der Waals surface area contributed by atoms with Crippen LogP contribution in [0.4, 0.5) is 15.9 Å². The van der Waals surface area contributed by atoms with E-state index in [1.54, 1.807) is 24.4 Å². The SMILES string of the molecule is CCN(Cc1ccc(N)nc1)c1ccccc1F. The van der Waals surface area contributed by atoms with Gasteiger partial charge in [-0.2, -0.15) is 0 Å². The fraction of sp³-hybridized carbons (Fsp3) is 0.214. The molecular weight excluding hydrogens is 229 g/mol. The highest BCUT2D eigenvalue weighted by Gasteiger charge is 2.09. The molecule has 4 heteroatoms. The minimum Gasteiger partial charge on any atom is -0.384 e. The second kappa shape index (κ2) is 5.49. The minimum absolute atomic E-state index is 0.206. The Morgan fingerprint density at radius 2 is 2.00 bits per heavy atom. The molecule has 0 saturated carbocycles. The number of nitrogens with two attached hydrogens (primary N) is 1. The van der Waals surface area contributed by atoms with Crippen molar-refractivity contribution in [1.82, 2.24) is 4.98 Å². The average Bonchev–Trinajstić information content (AvgIpc) is 2.39. The Balaban J connectivity index is 2.20. The molecule has 2 aromatic rings. The molecule has 0 atom stereocenters. The van der Waals surface area contributed by atoms with Crippen molar-refractivity contribution in [2.45, 2.75) is 13.5 Å². The fourth-order valence-electron chi connectivity index (χ4n) is 1.83. The van der Waals surface area contributed by atoms with E-state index in [0.29, 0.717) is 18.1 Å². The standard InChI is InChI=1S/C14H16FN3/c1-2-18(13-6-4-3-5-12(13)15)10-11-7-8-14(16)17-9-11/h3-9H,2,10H2,1H3,(H2,16,17). The van der Waals surface area contributed by atoms with Gasteiger partial charge in [0.05, 0.1) is 5.69 Å². The van der Waals surface area contributed by atoms with Crippen LogP contribution in [0.25, 0.3) is 0 Å². The first-order valence-electron chi connectivity index (χ1n) is 5.90. The number of benzene rings is 1. The van der Waals surface area contributed by atoms with Gasteiger partial charge in [-0.25, -0.2) is 9.37 Å². The van der Waals surface area contributed by atoms with E-state index in [4.69, 9.17) is 5.73 Å². The van der Waals surface area contributed by atoms with Gasteiger partial charge in [-0.1, -0.05) is 18.2 Å². The predicted molar refractivity (Wildman–Crippen MR) is 71.8 cm³/mol. The third kappa shape index (κ3) is 2.77. The largest absolute Gasteiger partial charge is 0.384 e. The van der Waals surface area contributed by atoms with Crippen LogP contribution in [0.5, 0.6) is 0 Å². The van der Waals surface area contributed by atoms with Crippen molar-refractivity contribution in [1.29, 1.82) is 0 Å². The van der Waals surface area contributed by atoms with Crippen LogP contribution in [0.2, 0.25) is 0 Å². The number of rotatable bonds is 4. The molecule has 18 heavy (non-hydrogen) atoms. The number of aromatic nitrogens is 1. The molecule has 2 rings (SSSR count). The Morgan fingerprint density at radius 3 is 2.61 bits per heavy atom. The van der Waals surface area contributed by atoms with Gasteiger partial charge in [0.2, 0.25) is 0 Å². The number of nitrogen functional groups attached to an aromatic ring is 1. The molecule has 0 saturated heterocycles. The molecule has 1 heterocycles. The van der Waals surface area contributed by atoms with E-state index in [1.165, 1.54) is 6.07 Å². The van der Waals surface area contributed by atoms with E-state index in [-0.39, 0.29) is 5.82 Å². The fourth-order valence-corrected chi connectivity index (χ4v) is 1.83. The molecule has 0 spiro atoms. The first-order chi connectivity index (χ1) is 8.70. The maximum absolute atomic E-state index is 13.7. The molecule has 0 aliphatic rings. The van der Waals surface area contributed by atoms with Gasteiger partial charge in [0.15, 0.2) is 0 Å². The van der Waals surface area contributed by atoms with E-state index < -0.39 is 0 Å². The van der Waals surface area contributed by atoms with Gasteiger partial charge in [-0.15, -0.1) is 0 Å². The van der Waals surface area contributed by atoms with Crippen molar-refractivity contribution < 1.29 is 4.39 Å². The monoisotopic (exact) mass is 245 g/mol. The maximum atomic E-state index is 13.7. The van der Waals surface area contributed by atoms with Crippen LogP contribution in [0.15, 0.2) is 42.6 Å². The van der Waals surface area contributed by atoms with Crippen molar-refractivity contribution >= 4 is 11.5 Å². The molecule has 0 amide bonds. The summed E-state index contributed by atoms with van der Waals surface area (Å²) >= 11 is 0. The second-order valence-corrected chi connectivity index (χ2v) is 4.06. The number of anilines is 2. The highest BCUT2D eigenvalue weighted by molar-refractivity contribution is 5.48. The summed E-state index contributed by atoms with van der Waals surface area (Å²) in [6.45, 7) is 3.34. The van der Waals surface area contributed by atoms with Crippen molar-refractivity contribution in [3.63, 3.8) is 0 Å². The lowest BCUT2D eigenvalue weighted by molar-refractivity contribution is 0.618. The van der Waals surface area contributed by atoms with Crippen molar-refractivity contribution in [3.05, 3.63) is 54.0 Å². The summed E-state index contributed by atoms with van der Waals surface area (Å²) in [5.74, 6) is 0.287. The van der Waals surface area contributed by atoms with Gasteiger partial charge in [-0.05, 0) is 30.7 Å². The van der Waals surface area contributed by atoms with E-state index in [2.05, 4.69) is 4.98 Å². The second-order valence-electron chi connectivity index (χ2n) is 4.06. The number of halogens is 1. The Morgan fingerprint density at radius 1 is 1.22 bits per heavy atom. The molecule has 0 radical (unpaired) electrons. The van der Waals surface area contributed by atoms with Gasteiger partial charge in [-0.3, -0.25) is 0 Å². The summed E-state index contributed by atoms with van der Waals surface area (Å²) < 4.78 is 13.7. The van der Waals surface area contributed by atoms with Gasteiger partial charge >= 0.3 is 0 Å². The molecule has 0 fully saturated rings. The third-order valence-corrected chi connectivity index (χ3v) is 2.80. The highest BCUT2D eigenvalue weighted by Crippen LogP contribution is 2.20. The van der Waals surface area contributed by atoms with Gasteiger partial charge < -0.3 is 10.6 Å². The van der Waals surface area contributed by atoms with Gasteiger partial charge in [0, 0.05) is 19.3 Å². The Labute approximate surface area is 106 Å². The van der Waals surface area contributed by atoms with Crippen LogP contribution >= 0.6 is 0 Å². The first-order valence-corrected chi connectivity index (χ1v) is 5.90. The number of hydrogen-bond donors (Lipinski definition) is 1. The molecule has 94 valence electrons. The lowest BCUT2D eigenvalue weighted by Crippen LogP contribution is -2.23. The van der Waals surface area contributed by atoms with Crippen molar-refractivity contribution in [2.24, 2.45) is 0 Å². The van der Waals surface area contributed by atoms with Crippen molar-refractivity contribution in [3.8, 4) is 0 Å². The molecule has 1 aromatic heterocycles. The zero-order valence-electron chi connectivity index (χ0n) is 10.3. The summed E-state index contributed by atoms with van der Waals surface area (Å²) in [7, 11) is 0. The van der Waals surface area contributed by atoms with E-state index in [0.717, 1.165) is 12.1 Å². The number of para-hydroxylation sites is 1. The maximum Gasteiger partial charge on any atom is 0.146 e. The average molecular weight is 245 g/mol. The quantitative estimate of drug-likeness (QED) is 0.900. The first kappa shape index (κ1) is 12.4. The number of nitrogens with zero attached hydrogens (tertiary/aromatic N) is 2. The van der Waals surface area contributed by atoms with Crippen LogP contribution in [0, 0.1) is 5.82 Å². The summed E-state index contributed by atoms with van der Waals surface area (Å²) in [4.78, 5) is 6.00. The van der Waals surface area contributed by atoms with E-state index >= 15 is 0 Å². The summed E-state index contributed by atoms with van der Waals surface area (Å²) in [5.41, 5.74) is 7.16. The Bertz CT molecular complexity index is 511. The normalized spacial score (nSPS) is 10.3. The zero-order chi connectivity index (χ0) is 13.0. The number of hydrogen-bond acceptors (Lipinski definition) is 3. The van der Waals surface area contributed by atoms with E-state index in [1.807, 2.05) is 24.0 Å². The molecular formula is C14H16FN3. The van der Waals surface area contributed by atoms with Crippen LogP contribution in [0.1, 0.15) is 12.5 Å². The molecule has 0 bridgehead atoms. The topological polar surface area (TPSA) is 42.1 Å². The molecule has 1 aromatic carbocycles. The van der Waals surface area contributed by atoms with Crippen LogP contribution in [-0.2, 0) is 6.54 Å². The highest BCUT2D eigenvalue weighted by atomic mass is 19.1. The molecule has 3 nitrogen and oxygen atoms in total. The molecule has 0 aliphatic heterocycles. The summed E-state index contributed by atoms with van der Waals surface area (Å²) in [6.07, 6.45) is 1.72. The Kier molecular flexibility index (Phi) is 3.77. The van der Waals surface area contributed by atoms with E-state index in [9.17, 15) is 4.39 Å². The predicted octanol–water partition coefficient (Wildman–Crippen LogP) is 2.83. The molecule has 0 aliphatic carbocycles. The van der Waals surface area contributed by atoms with Gasteiger partial charge in [0.1, 0.15) is 11.6 Å². The van der Waals surface area contributed by atoms with Crippen molar-refractivity contribution in [2.75, 3.05) is 17.2 Å². The molecule has 0 unspecified atom stereocenters. The summed E-state index contributed by atoms with van der Waals surface area (Å²) in [5, 5.41) is 0. The van der Waals surface area contributed by atoms with Crippen LogP contribution in [-0.4, -0.2) is 11.5 Å². The molecule has 2 N–H and O–H groups in total. The Hall–Kier alpha value is -2.10.